The number of carbonyl (C=O) groups excluding carboxylic acids is 1. The first-order chi connectivity index (χ1) is 6.76. The van der Waals surface area contributed by atoms with Gasteiger partial charge in [-0.15, -0.1) is 0 Å². The number of amides is 1. The van der Waals surface area contributed by atoms with Crippen LogP contribution in [0.3, 0.4) is 0 Å². The molecule has 1 amide bonds. The Morgan fingerprint density at radius 1 is 1.40 bits per heavy atom. The van der Waals surface area contributed by atoms with E-state index in [1.165, 1.54) is 5.01 Å². The highest BCUT2D eigenvalue weighted by Gasteiger charge is 2.19. The monoisotopic (exact) mass is 214 g/mol. The lowest BCUT2D eigenvalue weighted by atomic mass is 10.2. The molecule has 0 heterocycles. The lowest BCUT2D eigenvalue weighted by Crippen LogP contribution is -2.40. The maximum absolute atomic E-state index is 11.6. The van der Waals surface area contributed by atoms with Crippen LogP contribution in [-0.2, 0) is 4.74 Å². The Labute approximate surface area is 92.3 Å². The van der Waals surface area contributed by atoms with E-state index in [0.29, 0.717) is 5.92 Å². The number of ether oxygens (including phenoxy) is 1. The maximum Gasteiger partial charge on any atom is 0.428 e. The van der Waals surface area contributed by atoms with Crippen molar-refractivity contribution in [3.05, 3.63) is 12.3 Å². The number of carbonyl (C=O) groups is 1. The van der Waals surface area contributed by atoms with Crippen molar-refractivity contribution in [3.63, 3.8) is 0 Å². The Balaban J connectivity index is 4.36. The van der Waals surface area contributed by atoms with Crippen molar-refractivity contribution < 1.29 is 9.53 Å². The van der Waals surface area contributed by atoms with E-state index in [1.54, 1.807) is 13.2 Å². The lowest BCUT2D eigenvalue weighted by Gasteiger charge is -2.24. The van der Waals surface area contributed by atoms with Crippen molar-refractivity contribution >= 4 is 6.09 Å². The molecular formula is C11H22N2O2. The molecule has 0 unspecified atom stereocenters. The summed E-state index contributed by atoms with van der Waals surface area (Å²) in [6, 6.07) is 0. The van der Waals surface area contributed by atoms with Gasteiger partial charge in [0.2, 0.25) is 0 Å². The highest BCUT2D eigenvalue weighted by atomic mass is 16.6. The summed E-state index contributed by atoms with van der Waals surface area (Å²) in [5, 5.41) is 1.32. The number of rotatable bonds is 3. The first-order valence-electron chi connectivity index (χ1n) is 5.14. The van der Waals surface area contributed by atoms with Gasteiger partial charge in [0, 0.05) is 13.2 Å². The van der Waals surface area contributed by atoms with E-state index in [0.717, 1.165) is 0 Å². The minimum Gasteiger partial charge on any atom is -0.442 e. The molecule has 0 radical (unpaired) electrons. The molecule has 88 valence electrons. The summed E-state index contributed by atoms with van der Waals surface area (Å²) < 4.78 is 5.20. The average Bonchev–Trinajstić information content (AvgIpc) is 2.01. The van der Waals surface area contributed by atoms with Gasteiger partial charge >= 0.3 is 6.09 Å². The fraction of sp³-hybridized carbons (Fsp3) is 0.727. The van der Waals surface area contributed by atoms with Gasteiger partial charge in [0.25, 0.3) is 0 Å². The topological polar surface area (TPSA) is 41.6 Å². The number of nitrogens with zero attached hydrogens (tertiary/aromatic N) is 1. The molecule has 0 saturated heterocycles. The fourth-order valence-corrected chi connectivity index (χ4v) is 0.796. The van der Waals surface area contributed by atoms with Crippen molar-refractivity contribution in [1.82, 2.24) is 10.4 Å². The van der Waals surface area contributed by atoms with Crippen molar-refractivity contribution in [2.45, 2.75) is 40.2 Å². The molecule has 4 nitrogen and oxygen atoms in total. The molecule has 4 heteroatoms. The molecule has 0 aliphatic heterocycles. The van der Waals surface area contributed by atoms with Crippen LogP contribution in [0.15, 0.2) is 12.3 Å². The molecule has 0 bridgehead atoms. The van der Waals surface area contributed by atoms with Crippen molar-refractivity contribution in [3.8, 4) is 0 Å². The van der Waals surface area contributed by atoms with Crippen LogP contribution in [0.1, 0.15) is 34.6 Å². The second-order valence-electron chi connectivity index (χ2n) is 4.66. The number of allylic oxidation sites excluding steroid dienone is 1. The van der Waals surface area contributed by atoms with Gasteiger partial charge in [-0.1, -0.05) is 19.9 Å². The zero-order valence-corrected chi connectivity index (χ0v) is 10.5. The van der Waals surface area contributed by atoms with Gasteiger partial charge in [0.1, 0.15) is 5.60 Å². The van der Waals surface area contributed by atoms with Crippen LogP contribution in [0.25, 0.3) is 0 Å². The van der Waals surface area contributed by atoms with Crippen LogP contribution in [0.5, 0.6) is 0 Å². The van der Waals surface area contributed by atoms with Crippen molar-refractivity contribution in [2.24, 2.45) is 5.92 Å². The summed E-state index contributed by atoms with van der Waals surface area (Å²) in [5.74, 6) is 0.392. The second kappa shape index (κ2) is 5.75. The van der Waals surface area contributed by atoms with Crippen LogP contribution in [0.4, 0.5) is 4.79 Å². The Bertz CT molecular complexity index is 229. The Kier molecular flexibility index (Phi) is 5.36. The predicted octanol–water partition coefficient (Wildman–Crippen LogP) is 2.53. The molecule has 0 aromatic carbocycles. The molecule has 0 atom stereocenters. The smallest absolute Gasteiger partial charge is 0.428 e. The highest BCUT2D eigenvalue weighted by Crippen LogP contribution is 2.09. The molecule has 0 spiro atoms. The number of hydrogen-bond acceptors (Lipinski definition) is 3. The van der Waals surface area contributed by atoms with Crippen LogP contribution in [-0.4, -0.2) is 23.8 Å². The van der Waals surface area contributed by atoms with E-state index in [1.807, 2.05) is 40.7 Å². The second-order valence-corrected chi connectivity index (χ2v) is 4.66. The summed E-state index contributed by atoms with van der Waals surface area (Å²) in [6.07, 6.45) is 3.20. The standard InChI is InChI=1S/C11H22N2O2/c1-9(2)7-8-13(12-6)10(14)15-11(3,4)5/h7-9,12H,1-6H3. The molecule has 0 rings (SSSR count). The molecule has 0 fully saturated rings. The summed E-state index contributed by atoms with van der Waals surface area (Å²) in [5.41, 5.74) is 2.28. The normalized spacial score (nSPS) is 12.2. The van der Waals surface area contributed by atoms with E-state index < -0.39 is 11.7 Å². The lowest BCUT2D eigenvalue weighted by molar-refractivity contribution is 0.0268. The zero-order chi connectivity index (χ0) is 12.1. The van der Waals surface area contributed by atoms with E-state index in [4.69, 9.17) is 4.74 Å². The van der Waals surface area contributed by atoms with Crippen LogP contribution >= 0.6 is 0 Å². The quantitative estimate of drug-likeness (QED) is 0.734. The van der Waals surface area contributed by atoms with Crippen LogP contribution < -0.4 is 5.43 Å². The number of hydrazine groups is 1. The molecule has 0 saturated carbocycles. The third-order valence-electron chi connectivity index (χ3n) is 1.45. The van der Waals surface area contributed by atoms with E-state index >= 15 is 0 Å². The number of hydrogen-bond donors (Lipinski definition) is 1. The van der Waals surface area contributed by atoms with Gasteiger partial charge in [-0.25, -0.2) is 15.2 Å². The highest BCUT2D eigenvalue weighted by molar-refractivity contribution is 5.68. The molecule has 15 heavy (non-hydrogen) atoms. The molecule has 0 aromatic rings. The molecule has 0 aromatic heterocycles. The summed E-state index contributed by atoms with van der Waals surface area (Å²) in [6.45, 7) is 9.60. The average molecular weight is 214 g/mol. The van der Waals surface area contributed by atoms with Gasteiger partial charge in [-0.2, -0.15) is 0 Å². The summed E-state index contributed by atoms with van der Waals surface area (Å²) >= 11 is 0. The number of nitrogens with one attached hydrogen (secondary N) is 1. The zero-order valence-electron chi connectivity index (χ0n) is 10.5. The van der Waals surface area contributed by atoms with E-state index in [-0.39, 0.29) is 0 Å². The minimum absolute atomic E-state index is 0.392. The summed E-state index contributed by atoms with van der Waals surface area (Å²) in [7, 11) is 1.68. The van der Waals surface area contributed by atoms with Crippen molar-refractivity contribution in [2.75, 3.05) is 7.05 Å². The third kappa shape index (κ3) is 6.96. The fourth-order valence-electron chi connectivity index (χ4n) is 0.796. The Hall–Kier alpha value is -1.03. The molecular weight excluding hydrogens is 192 g/mol. The largest absolute Gasteiger partial charge is 0.442 e. The molecule has 1 N–H and O–H groups in total. The van der Waals surface area contributed by atoms with Crippen molar-refractivity contribution in [1.29, 1.82) is 0 Å². The first kappa shape index (κ1) is 14.0. The van der Waals surface area contributed by atoms with E-state index in [2.05, 4.69) is 5.43 Å². The molecule has 0 aliphatic rings. The van der Waals surface area contributed by atoms with Crippen LogP contribution in [0, 0.1) is 5.92 Å². The van der Waals surface area contributed by atoms with Gasteiger partial charge in [-0.05, 0) is 26.7 Å². The van der Waals surface area contributed by atoms with E-state index in [9.17, 15) is 4.79 Å². The van der Waals surface area contributed by atoms with Crippen LogP contribution in [0.2, 0.25) is 0 Å². The SMILES string of the molecule is CNN(C=CC(C)C)C(=O)OC(C)(C)C. The Morgan fingerprint density at radius 2 is 1.93 bits per heavy atom. The van der Waals surface area contributed by atoms with Gasteiger partial charge in [0.05, 0.1) is 0 Å². The first-order valence-corrected chi connectivity index (χ1v) is 5.14. The predicted molar refractivity (Wildman–Crippen MR) is 61.1 cm³/mol. The van der Waals surface area contributed by atoms with Gasteiger partial charge in [0.15, 0.2) is 0 Å². The summed E-state index contributed by atoms with van der Waals surface area (Å²) in [4.78, 5) is 11.6. The maximum atomic E-state index is 11.6. The third-order valence-corrected chi connectivity index (χ3v) is 1.45. The Morgan fingerprint density at radius 3 is 2.27 bits per heavy atom. The van der Waals surface area contributed by atoms with Gasteiger partial charge in [-0.3, -0.25) is 0 Å². The minimum atomic E-state index is -0.474. The van der Waals surface area contributed by atoms with Gasteiger partial charge < -0.3 is 4.74 Å². The molecule has 0 aliphatic carbocycles.